The first-order valence-corrected chi connectivity index (χ1v) is 10.7. The molecule has 0 unspecified atom stereocenters. The lowest BCUT2D eigenvalue weighted by molar-refractivity contribution is -0.0282. The molecule has 0 saturated carbocycles. The van der Waals surface area contributed by atoms with Crippen LogP contribution >= 0.6 is 11.3 Å². The van der Waals surface area contributed by atoms with Crippen molar-refractivity contribution in [2.45, 2.75) is 31.6 Å². The van der Waals surface area contributed by atoms with Crippen LogP contribution in [0.3, 0.4) is 0 Å². The van der Waals surface area contributed by atoms with Crippen molar-refractivity contribution in [1.82, 2.24) is 9.88 Å². The third kappa shape index (κ3) is 5.09. The van der Waals surface area contributed by atoms with Gasteiger partial charge < -0.3 is 9.84 Å². The summed E-state index contributed by atoms with van der Waals surface area (Å²) in [5.74, 6) is -0.957. The Morgan fingerprint density at radius 1 is 1.07 bits per heavy atom. The fraction of sp³-hybridized carbons (Fsp3) is 0.304. The van der Waals surface area contributed by atoms with Gasteiger partial charge in [0.1, 0.15) is 6.10 Å². The van der Waals surface area contributed by atoms with Crippen molar-refractivity contribution in [3.05, 3.63) is 87.9 Å². The van der Waals surface area contributed by atoms with E-state index in [9.17, 15) is 4.79 Å². The van der Waals surface area contributed by atoms with E-state index in [0.717, 1.165) is 31.6 Å². The number of hydrogen-bond acceptors (Lipinski definition) is 5. The molecule has 5 nitrogen and oxygen atoms in total. The Morgan fingerprint density at radius 3 is 2.17 bits per heavy atom. The first kappa shape index (κ1) is 19.8. The van der Waals surface area contributed by atoms with Crippen LogP contribution in [0.2, 0.25) is 0 Å². The molecule has 29 heavy (non-hydrogen) atoms. The maximum absolute atomic E-state index is 11.0. The van der Waals surface area contributed by atoms with E-state index in [1.54, 1.807) is 0 Å². The number of carboxylic acid groups (broad SMARTS) is 1. The van der Waals surface area contributed by atoms with E-state index in [4.69, 9.17) is 9.84 Å². The smallest absolute Gasteiger partial charge is 0.365 e. The average Bonchev–Trinajstić information content (AvgIpc) is 3.23. The maximum atomic E-state index is 11.0. The number of nitrogens with zero attached hydrogens (tertiary/aromatic N) is 2. The molecule has 2 aromatic carbocycles. The SMILES string of the molecule is O=C(O)c1nc(CN2CCC(OC(c3ccccc3)c3ccccc3)CC2)cs1. The van der Waals surface area contributed by atoms with Gasteiger partial charge in [-0.3, -0.25) is 4.90 Å². The van der Waals surface area contributed by atoms with Gasteiger partial charge in [-0.25, -0.2) is 9.78 Å². The number of piperidine rings is 1. The molecule has 1 aliphatic heterocycles. The van der Waals surface area contributed by atoms with Gasteiger partial charge in [-0.2, -0.15) is 0 Å². The van der Waals surface area contributed by atoms with Gasteiger partial charge in [-0.05, 0) is 24.0 Å². The van der Waals surface area contributed by atoms with Crippen LogP contribution in [0.4, 0.5) is 0 Å². The Kier molecular flexibility index (Phi) is 6.34. The highest BCUT2D eigenvalue weighted by Crippen LogP contribution is 2.30. The minimum absolute atomic E-state index is 0.0642. The number of rotatable bonds is 7. The second kappa shape index (κ2) is 9.31. The summed E-state index contributed by atoms with van der Waals surface area (Å²) in [6.45, 7) is 2.53. The summed E-state index contributed by atoms with van der Waals surface area (Å²) in [5.41, 5.74) is 3.17. The summed E-state index contributed by atoms with van der Waals surface area (Å²) in [6.07, 6.45) is 2.03. The van der Waals surface area contributed by atoms with Gasteiger partial charge in [-0.1, -0.05) is 60.7 Å². The Bertz CT molecular complexity index is 882. The average molecular weight is 409 g/mol. The van der Waals surface area contributed by atoms with Crippen molar-refractivity contribution in [2.24, 2.45) is 0 Å². The molecule has 3 aromatic rings. The molecular formula is C23H24N2O3S. The van der Waals surface area contributed by atoms with Crippen LogP contribution in [0.25, 0.3) is 0 Å². The summed E-state index contributed by atoms with van der Waals surface area (Å²) in [4.78, 5) is 17.5. The third-order valence-electron chi connectivity index (χ3n) is 5.19. The fourth-order valence-electron chi connectivity index (χ4n) is 3.71. The zero-order chi connectivity index (χ0) is 20.1. The molecule has 1 fully saturated rings. The van der Waals surface area contributed by atoms with Gasteiger partial charge in [0, 0.05) is 25.0 Å². The van der Waals surface area contributed by atoms with E-state index in [-0.39, 0.29) is 17.2 Å². The summed E-state index contributed by atoms with van der Waals surface area (Å²) in [6, 6.07) is 20.7. The van der Waals surface area contributed by atoms with E-state index in [2.05, 4.69) is 58.4 Å². The number of aromatic nitrogens is 1. The summed E-state index contributed by atoms with van der Waals surface area (Å²) in [7, 11) is 0. The van der Waals surface area contributed by atoms with Crippen molar-refractivity contribution >= 4 is 17.3 Å². The molecule has 150 valence electrons. The van der Waals surface area contributed by atoms with Crippen molar-refractivity contribution < 1.29 is 14.6 Å². The van der Waals surface area contributed by atoms with Gasteiger partial charge in [0.05, 0.1) is 11.8 Å². The maximum Gasteiger partial charge on any atom is 0.365 e. The predicted molar refractivity (Wildman–Crippen MR) is 113 cm³/mol. The minimum atomic E-state index is -0.957. The predicted octanol–water partition coefficient (Wildman–Crippen LogP) is 4.61. The van der Waals surface area contributed by atoms with Crippen LogP contribution in [0.1, 0.15) is 45.6 Å². The van der Waals surface area contributed by atoms with Crippen molar-refractivity contribution in [2.75, 3.05) is 13.1 Å². The molecule has 0 atom stereocenters. The molecule has 0 amide bonds. The summed E-state index contributed by atoms with van der Waals surface area (Å²) in [5, 5.41) is 11.0. The number of ether oxygens (including phenoxy) is 1. The molecule has 1 N–H and O–H groups in total. The quantitative estimate of drug-likeness (QED) is 0.618. The normalized spacial score (nSPS) is 15.6. The van der Waals surface area contributed by atoms with Crippen molar-refractivity contribution in [3.8, 4) is 0 Å². The molecule has 2 heterocycles. The highest BCUT2D eigenvalue weighted by Gasteiger charge is 2.25. The lowest BCUT2D eigenvalue weighted by Crippen LogP contribution is -2.37. The highest BCUT2D eigenvalue weighted by atomic mass is 32.1. The van der Waals surface area contributed by atoms with E-state index in [0.29, 0.717) is 6.54 Å². The van der Waals surface area contributed by atoms with Crippen molar-refractivity contribution in [3.63, 3.8) is 0 Å². The zero-order valence-electron chi connectivity index (χ0n) is 16.1. The minimum Gasteiger partial charge on any atom is -0.476 e. The van der Waals surface area contributed by atoms with Crippen molar-refractivity contribution in [1.29, 1.82) is 0 Å². The molecule has 0 aliphatic carbocycles. The molecule has 0 bridgehead atoms. The Hall–Kier alpha value is -2.54. The second-order valence-electron chi connectivity index (χ2n) is 7.26. The van der Waals surface area contributed by atoms with Crippen LogP contribution < -0.4 is 0 Å². The van der Waals surface area contributed by atoms with Crippen LogP contribution in [0, 0.1) is 0 Å². The first-order chi connectivity index (χ1) is 14.2. The van der Waals surface area contributed by atoms with Crippen LogP contribution in [0.15, 0.2) is 66.0 Å². The number of aromatic carboxylic acids is 1. The van der Waals surface area contributed by atoms with E-state index < -0.39 is 5.97 Å². The third-order valence-corrected chi connectivity index (χ3v) is 6.07. The van der Waals surface area contributed by atoms with Gasteiger partial charge in [0.2, 0.25) is 5.01 Å². The molecule has 1 aromatic heterocycles. The molecule has 0 spiro atoms. The van der Waals surface area contributed by atoms with Gasteiger partial charge >= 0.3 is 5.97 Å². The van der Waals surface area contributed by atoms with Gasteiger partial charge in [-0.15, -0.1) is 11.3 Å². The Labute approximate surface area is 174 Å². The number of carbonyl (C=O) groups is 1. The lowest BCUT2D eigenvalue weighted by atomic mass is 10.00. The number of benzene rings is 2. The monoisotopic (exact) mass is 408 g/mol. The van der Waals surface area contributed by atoms with Gasteiger partial charge in [0.25, 0.3) is 0 Å². The van der Waals surface area contributed by atoms with Gasteiger partial charge in [0.15, 0.2) is 0 Å². The number of hydrogen-bond donors (Lipinski definition) is 1. The second-order valence-corrected chi connectivity index (χ2v) is 8.12. The van der Waals surface area contributed by atoms with Crippen LogP contribution in [-0.2, 0) is 11.3 Å². The highest BCUT2D eigenvalue weighted by molar-refractivity contribution is 7.11. The van der Waals surface area contributed by atoms with Crippen LogP contribution in [-0.4, -0.2) is 40.2 Å². The zero-order valence-corrected chi connectivity index (χ0v) is 16.9. The Morgan fingerprint density at radius 2 is 1.66 bits per heavy atom. The molecule has 0 radical (unpaired) electrons. The number of thiazole rings is 1. The van der Waals surface area contributed by atoms with E-state index in [1.165, 1.54) is 22.5 Å². The first-order valence-electron chi connectivity index (χ1n) is 9.84. The number of likely N-dealkylation sites (tertiary alicyclic amines) is 1. The summed E-state index contributed by atoms with van der Waals surface area (Å²) < 4.78 is 6.58. The topological polar surface area (TPSA) is 62.7 Å². The fourth-order valence-corrected chi connectivity index (χ4v) is 4.35. The van der Waals surface area contributed by atoms with E-state index in [1.807, 2.05) is 17.5 Å². The largest absolute Gasteiger partial charge is 0.476 e. The molecular weight excluding hydrogens is 384 g/mol. The Balaban J connectivity index is 1.37. The standard InChI is InChI=1S/C23H24N2O3S/c26-23(27)22-24-19(16-29-22)15-25-13-11-20(12-14-25)28-21(17-7-3-1-4-8-17)18-9-5-2-6-10-18/h1-10,16,20-21H,11-15H2,(H,26,27). The summed E-state index contributed by atoms with van der Waals surface area (Å²) >= 11 is 1.19. The van der Waals surface area contributed by atoms with Crippen LogP contribution in [0.5, 0.6) is 0 Å². The molecule has 6 heteroatoms. The van der Waals surface area contributed by atoms with E-state index >= 15 is 0 Å². The molecule has 1 saturated heterocycles. The molecule has 1 aliphatic rings. The lowest BCUT2D eigenvalue weighted by Gasteiger charge is -2.34. The molecule has 4 rings (SSSR count). The number of carboxylic acids is 1.